The van der Waals surface area contributed by atoms with Crippen LogP contribution in [-0.2, 0) is 16.1 Å². The van der Waals surface area contributed by atoms with Gasteiger partial charge in [-0.1, -0.05) is 50.0 Å². The van der Waals surface area contributed by atoms with Crippen LogP contribution in [0.5, 0.6) is 0 Å². The minimum absolute atomic E-state index is 0.00366. The quantitative estimate of drug-likeness (QED) is 0.596. The van der Waals surface area contributed by atoms with E-state index in [1.165, 1.54) is 11.0 Å². The summed E-state index contributed by atoms with van der Waals surface area (Å²) in [6, 6.07) is 10.2. The van der Waals surface area contributed by atoms with Crippen LogP contribution >= 0.6 is 0 Å². The lowest BCUT2D eigenvalue weighted by Crippen LogP contribution is -2.44. The Balaban J connectivity index is 1.82. The molecule has 0 radical (unpaired) electrons. The molecule has 3 rings (SSSR count). The number of carbonyl (C=O) groups excluding carboxylic acids is 2. The van der Waals surface area contributed by atoms with E-state index < -0.39 is 32.2 Å². The van der Waals surface area contributed by atoms with Crippen LogP contribution in [0.15, 0.2) is 42.5 Å². The van der Waals surface area contributed by atoms with Gasteiger partial charge >= 0.3 is 6.03 Å². The number of nitrogens with one attached hydrogen (secondary N) is 2. The lowest BCUT2D eigenvalue weighted by molar-refractivity contribution is -0.118. The molecule has 1 aliphatic heterocycles. The van der Waals surface area contributed by atoms with Crippen LogP contribution in [0.1, 0.15) is 23.6 Å². The van der Waals surface area contributed by atoms with Crippen molar-refractivity contribution in [1.82, 2.24) is 10.2 Å². The van der Waals surface area contributed by atoms with Gasteiger partial charge in [0.15, 0.2) is 0 Å². The van der Waals surface area contributed by atoms with Crippen LogP contribution in [0.2, 0.25) is 19.6 Å². The molecule has 9 heteroatoms. The number of ether oxygens (including phenoxy) is 1. The Morgan fingerprint density at radius 1 is 1.18 bits per heavy atom. The topological polar surface area (TPSA) is 70.7 Å². The monoisotopic (exact) mass is 475 g/mol. The van der Waals surface area contributed by atoms with E-state index in [9.17, 15) is 18.4 Å². The van der Waals surface area contributed by atoms with Crippen molar-refractivity contribution in [3.8, 4) is 0 Å². The third-order valence-corrected chi connectivity index (χ3v) is 7.64. The van der Waals surface area contributed by atoms with Crippen LogP contribution in [0.25, 0.3) is 0 Å². The van der Waals surface area contributed by atoms with Crippen molar-refractivity contribution in [3.05, 3.63) is 59.4 Å². The molecule has 1 heterocycles. The SMILES string of the molecule is COCc1ccc([C@@H](NC(=O)N2CC[C@@H](F)C2)C(=O)Nc2ccc([Si](C)(C)C)c(F)c2)cc1. The maximum Gasteiger partial charge on any atom is 0.318 e. The van der Waals surface area contributed by atoms with Crippen molar-refractivity contribution < 1.29 is 23.1 Å². The van der Waals surface area contributed by atoms with Crippen molar-refractivity contribution in [1.29, 1.82) is 0 Å². The number of urea groups is 1. The molecule has 0 unspecified atom stereocenters. The number of hydrogen-bond donors (Lipinski definition) is 2. The van der Waals surface area contributed by atoms with E-state index in [2.05, 4.69) is 10.6 Å². The summed E-state index contributed by atoms with van der Waals surface area (Å²) in [5.41, 5.74) is 1.77. The number of nitrogens with zero attached hydrogens (tertiary/aromatic N) is 1. The van der Waals surface area contributed by atoms with Crippen molar-refractivity contribution in [3.63, 3.8) is 0 Å². The molecular weight excluding hydrogens is 444 g/mol. The fourth-order valence-electron chi connectivity index (χ4n) is 3.81. The molecule has 178 valence electrons. The second kappa shape index (κ2) is 10.4. The van der Waals surface area contributed by atoms with Gasteiger partial charge in [-0.25, -0.2) is 13.6 Å². The molecule has 1 saturated heterocycles. The summed E-state index contributed by atoms with van der Waals surface area (Å²) in [7, 11) is -0.273. The normalized spacial score (nSPS) is 17.0. The summed E-state index contributed by atoms with van der Waals surface area (Å²) < 4.78 is 33.3. The highest BCUT2D eigenvalue weighted by Crippen LogP contribution is 2.20. The number of halogens is 2. The number of methoxy groups -OCH3 is 1. The molecule has 33 heavy (non-hydrogen) atoms. The smallest absolute Gasteiger partial charge is 0.318 e. The number of rotatable bonds is 7. The maximum atomic E-state index is 14.6. The molecular formula is C24H31F2N3O3Si. The van der Waals surface area contributed by atoms with Crippen LogP contribution in [0.4, 0.5) is 19.3 Å². The minimum atomic E-state index is -1.86. The third-order valence-electron chi connectivity index (χ3n) is 5.62. The van der Waals surface area contributed by atoms with Gasteiger partial charge in [0.1, 0.15) is 18.0 Å². The number of amides is 3. The molecule has 2 aromatic rings. The summed E-state index contributed by atoms with van der Waals surface area (Å²) in [4.78, 5) is 27.2. The van der Waals surface area contributed by atoms with Gasteiger partial charge in [0.2, 0.25) is 0 Å². The first-order valence-corrected chi connectivity index (χ1v) is 14.5. The lowest BCUT2D eigenvalue weighted by Gasteiger charge is -2.23. The Bertz CT molecular complexity index is 995. The van der Waals surface area contributed by atoms with Crippen molar-refractivity contribution in [2.45, 2.75) is 44.9 Å². The zero-order valence-corrected chi connectivity index (χ0v) is 20.5. The van der Waals surface area contributed by atoms with Gasteiger partial charge < -0.3 is 20.3 Å². The van der Waals surface area contributed by atoms with E-state index in [1.54, 1.807) is 43.5 Å². The Labute approximate surface area is 194 Å². The number of anilines is 1. The molecule has 0 aromatic heterocycles. The van der Waals surface area contributed by atoms with Gasteiger partial charge in [0, 0.05) is 19.3 Å². The van der Waals surface area contributed by atoms with Crippen LogP contribution in [0.3, 0.4) is 0 Å². The van der Waals surface area contributed by atoms with E-state index in [-0.39, 0.29) is 25.3 Å². The molecule has 2 aromatic carbocycles. The highest BCUT2D eigenvalue weighted by atomic mass is 28.3. The fourth-order valence-corrected chi connectivity index (χ4v) is 5.18. The van der Waals surface area contributed by atoms with Gasteiger partial charge in [-0.15, -0.1) is 0 Å². The van der Waals surface area contributed by atoms with E-state index >= 15 is 0 Å². The fraction of sp³-hybridized carbons (Fsp3) is 0.417. The molecule has 2 atom stereocenters. The highest BCUT2D eigenvalue weighted by molar-refractivity contribution is 6.88. The molecule has 6 nitrogen and oxygen atoms in total. The van der Waals surface area contributed by atoms with Crippen molar-refractivity contribution in [2.24, 2.45) is 0 Å². The number of likely N-dealkylation sites (tertiary alicyclic amines) is 1. The number of benzene rings is 2. The number of alkyl halides is 1. The minimum Gasteiger partial charge on any atom is -0.380 e. The average molecular weight is 476 g/mol. The summed E-state index contributed by atoms with van der Waals surface area (Å²) in [6.07, 6.45) is -0.789. The molecule has 1 fully saturated rings. The van der Waals surface area contributed by atoms with E-state index in [4.69, 9.17) is 4.74 Å². The van der Waals surface area contributed by atoms with E-state index in [0.717, 1.165) is 5.56 Å². The van der Waals surface area contributed by atoms with Gasteiger partial charge in [-0.3, -0.25) is 4.79 Å². The number of hydrogen-bond acceptors (Lipinski definition) is 3. The van der Waals surface area contributed by atoms with Crippen molar-refractivity contribution in [2.75, 3.05) is 25.5 Å². The largest absolute Gasteiger partial charge is 0.380 e. The summed E-state index contributed by atoms with van der Waals surface area (Å²) in [6.45, 7) is 6.83. The molecule has 0 spiro atoms. The Morgan fingerprint density at radius 3 is 2.42 bits per heavy atom. The summed E-state index contributed by atoms with van der Waals surface area (Å²) >= 11 is 0. The Hall–Kier alpha value is -2.78. The van der Waals surface area contributed by atoms with Gasteiger partial charge in [0.25, 0.3) is 5.91 Å². The van der Waals surface area contributed by atoms with Crippen LogP contribution < -0.4 is 15.8 Å². The molecule has 3 amide bonds. The second-order valence-electron chi connectivity index (χ2n) is 9.32. The molecule has 2 N–H and O–H groups in total. The Kier molecular flexibility index (Phi) is 7.86. The zero-order valence-electron chi connectivity index (χ0n) is 19.5. The summed E-state index contributed by atoms with van der Waals surface area (Å²) in [5.74, 6) is -0.874. The first-order chi connectivity index (χ1) is 15.6. The first-order valence-electron chi connectivity index (χ1n) is 11.0. The lowest BCUT2D eigenvalue weighted by atomic mass is 10.0. The third kappa shape index (κ3) is 6.39. The van der Waals surface area contributed by atoms with Gasteiger partial charge in [0.05, 0.1) is 21.2 Å². The predicted octanol–water partition coefficient (Wildman–Crippen LogP) is 3.95. The first kappa shape index (κ1) is 24.9. The Morgan fingerprint density at radius 2 is 1.88 bits per heavy atom. The molecule has 0 saturated carbocycles. The van der Waals surface area contributed by atoms with E-state index in [0.29, 0.717) is 23.0 Å². The average Bonchev–Trinajstić information content (AvgIpc) is 3.18. The van der Waals surface area contributed by atoms with Crippen LogP contribution in [0, 0.1) is 5.82 Å². The van der Waals surface area contributed by atoms with Crippen molar-refractivity contribution >= 4 is 30.9 Å². The molecule has 1 aliphatic rings. The van der Waals surface area contributed by atoms with Gasteiger partial charge in [-0.05, 0) is 34.9 Å². The highest BCUT2D eigenvalue weighted by Gasteiger charge is 2.30. The van der Waals surface area contributed by atoms with Crippen LogP contribution in [-0.4, -0.2) is 51.3 Å². The molecule has 0 bridgehead atoms. The predicted molar refractivity (Wildman–Crippen MR) is 128 cm³/mol. The zero-order chi connectivity index (χ0) is 24.2. The molecule has 0 aliphatic carbocycles. The standard InChI is InChI=1S/C24H31F2N3O3Si/c1-32-15-16-5-7-17(8-6-16)22(28-24(31)29-12-11-18(25)14-29)23(30)27-19-9-10-21(20(26)13-19)33(2,3)4/h5-10,13,18,22H,11-12,14-15H2,1-4H3,(H,27,30)(H,28,31)/t18-,22-/m1/s1. The number of carbonyl (C=O) groups is 2. The summed E-state index contributed by atoms with van der Waals surface area (Å²) in [5, 5.41) is 6.09. The maximum absolute atomic E-state index is 14.6. The van der Waals surface area contributed by atoms with E-state index in [1.807, 2.05) is 19.6 Å². The van der Waals surface area contributed by atoms with Gasteiger partial charge in [-0.2, -0.15) is 0 Å². The second-order valence-corrected chi connectivity index (χ2v) is 14.4.